The molecule has 3 heteroatoms. The molecule has 0 unspecified atom stereocenters. The molecule has 1 rings (SSSR count). The van der Waals surface area contributed by atoms with E-state index in [1.807, 2.05) is 6.07 Å². The molecule has 0 bridgehead atoms. The van der Waals surface area contributed by atoms with Crippen LogP contribution in [-0.4, -0.2) is 23.5 Å². The van der Waals surface area contributed by atoms with Gasteiger partial charge in [-0.05, 0) is 24.1 Å². The summed E-state index contributed by atoms with van der Waals surface area (Å²) < 4.78 is 0. The van der Waals surface area contributed by atoms with Gasteiger partial charge in [0.2, 0.25) is 0 Å². The fraction of sp³-hybridized carbons (Fsp3) is 0.615. The van der Waals surface area contributed by atoms with Gasteiger partial charge >= 0.3 is 0 Å². The molecule has 16 heavy (non-hydrogen) atoms. The van der Waals surface area contributed by atoms with E-state index in [4.69, 9.17) is 5.73 Å². The van der Waals surface area contributed by atoms with Gasteiger partial charge in [0.15, 0.2) is 0 Å². The molecule has 0 saturated heterocycles. The molecule has 0 radical (unpaired) electrons. The molecule has 0 fully saturated rings. The third-order valence-electron chi connectivity index (χ3n) is 2.36. The summed E-state index contributed by atoms with van der Waals surface area (Å²) in [6.07, 6.45) is 1.80. The lowest BCUT2D eigenvalue weighted by atomic mass is 9.96. The molecule has 0 spiro atoms. The molecule has 2 N–H and O–H groups in total. The fourth-order valence-electron chi connectivity index (χ4n) is 1.96. The van der Waals surface area contributed by atoms with Crippen molar-refractivity contribution < 1.29 is 0 Å². The highest BCUT2D eigenvalue weighted by Gasteiger charge is 2.14. The molecule has 0 aliphatic rings. The Balaban J connectivity index is 2.65. The Morgan fingerprint density at radius 3 is 2.62 bits per heavy atom. The average Bonchev–Trinajstić information content (AvgIpc) is 2.15. The zero-order valence-electron chi connectivity index (χ0n) is 10.8. The molecule has 0 aliphatic heterocycles. The number of hydrogen-bond donors (Lipinski definition) is 1. The van der Waals surface area contributed by atoms with Gasteiger partial charge in [-0.1, -0.05) is 26.8 Å². The van der Waals surface area contributed by atoms with Gasteiger partial charge in [-0.15, -0.1) is 0 Å². The number of nitrogens with zero attached hydrogens (tertiary/aromatic N) is 2. The number of hydrogen-bond acceptors (Lipinski definition) is 3. The largest absolute Gasteiger partial charge is 0.325 e. The van der Waals surface area contributed by atoms with Gasteiger partial charge in [0.25, 0.3) is 0 Å². The predicted molar refractivity (Wildman–Crippen MR) is 67.9 cm³/mol. The maximum absolute atomic E-state index is 5.67. The highest BCUT2D eigenvalue weighted by Crippen LogP contribution is 2.16. The molecule has 0 atom stereocenters. The first-order valence-electron chi connectivity index (χ1n) is 5.74. The van der Waals surface area contributed by atoms with Crippen LogP contribution >= 0.6 is 0 Å². The fourth-order valence-corrected chi connectivity index (χ4v) is 1.96. The van der Waals surface area contributed by atoms with Crippen molar-refractivity contribution in [1.29, 1.82) is 0 Å². The van der Waals surface area contributed by atoms with E-state index in [9.17, 15) is 0 Å². The number of rotatable bonds is 4. The summed E-state index contributed by atoms with van der Waals surface area (Å²) in [5.41, 5.74) is 8.23. The van der Waals surface area contributed by atoms with Gasteiger partial charge in [0, 0.05) is 25.8 Å². The van der Waals surface area contributed by atoms with Gasteiger partial charge in [0.1, 0.15) is 0 Å². The summed E-state index contributed by atoms with van der Waals surface area (Å²) in [6.45, 7) is 9.23. The second kappa shape index (κ2) is 5.41. The van der Waals surface area contributed by atoms with E-state index in [0.717, 1.165) is 18.8 Å². The van der Waals surface area contributed by atoms with Gasteiger partial charge in [0.05, 0.1) is 5.69 Å². The van der Waals surface area contributed by atoms with Crippen molar-refractivity contribution in [2.45, 2.75) is 33.9 Å². The van der Waals surface area contributed by atoms with Crippen LogP contribution in [0.3, 0.4) is 0 Å². The molecular formula is C13H23N3. The van der Waals surface area contributed by atoms with Crippen molar-refractivity contribution >= 4 is 0 Å². The van der Waals surface area contributed by atoms with Gasteiger partial charge in [-0.2, -0.15) is 0 Å². The molecule has 0 amide bonds. The van der Waals surface area contributed by atoms with Crippen molar-refractivity contribution in [3.63, 3.8) is 0 Å². The van der Waals surface area contributed by atoms with Crippen molar-refractivity contribution in [2.75, 3.05) is 13.6 Å². The van der Waals surface area contributed by atoms with E-state index in [1.165, 1.54) is 5.56 Å². The van der Waals surface area contributed by atoms with Crippen molar-refractivity contribution in [3.05, 3.63) is 29.6 Å². The Labute approximate surface area is 98.7 Å². The summed E-state index contributed by atoms with van der Waals surface area (Å²) >= 11 is 0. The minimum absolute atomic E-state index is 0.319. The maximum atomic E-state index is 5.67. The van der Waals surface area contributed by atoms with Crippen LogP contribution < -0.4 is 5.73 Å². The van der Waals surface area contributed by atoms with Crippen LogP contribution in [0.25, 0.3) is 0 Å². The Morgan fingerprint density at radius 1 is 1.38 bits per heavy atom. The topological polar surface area (TPSA) is 42.2 Å². The van der Waals surface area contributed by atoms with E-state index >= 15 is 0 Å². The quantitative estimate of drug-likeness (QED) is 0.845. The smallest absolute Gasteiger partial charge is 0.0584 e. The van der Waals surface area contributed by atoms with Crippen molar-refractivity contribution in [1.82, 2.24) is 9.88 Å². The summed E-state index contributed by atoms with van der Waals surface area (Å²) in [4.78, 5) is 6.61. The van der Waals surface area contributed by atoms with E-state index in [0.29, 0.717) is 12.0 Å². The molecule has 1 aromatic heterocycles. The van der Waals surface area contributed by atoms with E-state index < -0.39 is 0 Å². The average molecular weight is 221 g/mol. The molecular weight excluding hydrogens is 198 g/mol. The summed E-state index contributed by atoms with van der Waals surface area (Å²) in [5, 5.41) is 0. The van der Waals surface area contributed by atoms with Crippen molar-refractivity contribution in [2.24, 2.45) is 11.1 Å². The lowest BCUT2D eigenvalue weighted by Gasteiger charge is -2.26. The Bertz CT molecular complexity index is 328. The first-order valence-corrected chi connectivity index (χ1v) is 5.74. The van der Waals surface area contributed by atoms with E-state index in [-0.39, 0.29) is 0 Å². The Morgan fingerprint density at radius 2 is 2.06 bits per heavy atom. The Hall–Kier alpha value is -0.930. The summed E-state index contributed by atoms with van der Waals surface area (Å²) in [6, 6.07) is 4.08. The monoisotopic (exact) mass is 221 g/mol. The molecule has 1 heterocycles. The molecule has 1 aromatic rings. The normalized spacial score (nSPS) is 12.1. The Kier molecular flexibility index (Phi) is 4.44. The molecule has 90 valence electrons. The molecule has 0 aromatic carbocycles. The van der Waals surface area contributed by atoms with Crippen LogP contribution in [0, 0.1) is 5.41 Å². The zero-order valence-corrected chi connectivity index (χ0v) is 10.8. The third kappa shape index (κ3) is 4.29. The second-order valence-electron chi connectivity index (χ2n) is 5.55. The second-order valence-corrected chi connectivity index (χ2v) is 5.55. The highest BCUT2D eigenvalue weighted by molar-refractivity contribution is 5.19. The van der Waals surface area contributed by atoms with Crippen LogP contribution in [0.5, 0.6) is 0 Å². The number of nitrogens with two attached hydrogens (primary N) is 1. The third-order valence-corrected chi connectivity index (χ3v) is 2.36. The molecule has 3 nitrogen and oxygen atoms in total. The van der Waals surface area contributed by atoms with Crippen LogP contribution in [-0.2, 0) is 13.1 Å². The summed E-state index contributed by atoms with van der Waals surface area (Å²) in [7, 11) is 2.14. The minimum Gasteiger partial charge on any atom is -0.325 e. The standard InChI is InChI=1S/C13H23N3/c1-13(2,3)10-16(4)9-11-6-5-7-15-12(11)8-14/h5-7H,8-10,14H2,1-4H3. The minimum atomic E-state index is 0.319. The first kappa shape index (κ1) is 13.1. The summed E-state index contributed by atoms with van der Waals surface area (Å²) in [5.74, 6) is 0. The first-order chi connectivity index (χ1) is 7.42. The van der Waals surface area contributed by atoms with Crippen LogP contribution in [0.2, 0.25) is 0 Å². The van der Waals surface area contributed by atoms with Gasteiger partial charge in [-0.25, -0.2) is 0 Å². The van der Waals surface area contributed by atoms with E-state index in [2.05, 4.69) is 43.8 Å². The lowest BCUT2D eigenvalue weighted by molar-refractivity contribution is 0.220. The van der Waals surface area contributed by atoms with Crippen LogP contribution in [0.4, 0.5) is 0 Å². The molecule has 0 saturated carbocycles. The SMILES string of the molecule is CN(Cc1cccnc1CN)CC(C)(C)C. The highest BCUT2D eigenvalue weighted by atomic mass is 15.1. The zero-order chi connectivity index (χ0) is 12.2. The molecule has 0 aliphatic carbocycles. The lowest BCUT2D eigenvalue weighted by Crippen LogP contribution is -2.29. The van der Waals surface area contributed by atoms with Crippen LogP contribution in [0.15, 0.2) is 18.3 Å². The van der Waals surface area contributed by atoms with Crippen LogP contribution in [0.1, 0.15) is 32.0 Å². The van der Waals surface area contributed by atoms with Gasteiger partial charge < -0.3 is 10.6 Å². The predicted octanol–water partition coefficient (Wildman–Crippen LogP) is 2.02. The number of pyridine rings is 1. The number of aromatic nitrogens is 1. The maximum Gasteiger partial charge on any atom is 0.0584 e. The van der Waals surface area contributed by atoms with Gasteiger partial charge in [-0.3, -0.25) is 4.98 Å². The van der Waals surface area contributed by atoms with E-state index in [1.54, 1.807) is 6.20 Å². The van der Waals surface area contributed by atoms with Crippen molar-refractivity contribution in [3.8, 4) is 0 Å².